The van der Waals surface area contributed by atoms with Gasteiger partial charge in [0, 0.05) is 17.6 Å². The van der Waals surface area contributed by atoms with Crippen molar-refractivity contribution in [2.24, 2.45) is 0 Å². The fourth-order valence-electron chi connectivity index (χ4n) is 2.49. The van der Waals surface area contributed by atoms with E-state index in [1.54, 1.807) is 12.3 Å². The van der Waals surface area contributed by atoms with E-state index in [-0.39, 0.29) is 0 Å². The Bertz CT molecular complexity index is 581. The SMILES string of the molecule is CC1c2ccsc2CCN1c1ncc(Cl)cc1N. The fourth-order valence-corrected chi connectivity index (χ4v) is 3.62. The summed E-state index contributed by atoms with van der Waals surface area (Å²) in [6.07, 6.45) is 2.71. The minimum Gasteiger partial charge on any atom is -0.396 e. The molecule has 3 heterocycles. The van der Waals surface area contributed by atoms with Crippen LogP contribution in [0.3, 0.4) is 0 Å². The molecule has 3 rings (SSSR count). The van der Waals surface area contributed by atoms with Crippen LogP contribution < -0.4 is 10.6 Å². The Balaban J connectivity index is 1.99. The number of anilines is 2. The van der Waals surface area contributed by atoms with Crippen LogP contribution in [0, 0.1) is 0 Å². The van der Waals surface area contributed by atoms with Gasteiger partial charge in [-0.15, -0.1) is 11.3 Å². The van der Waals surface area contributed by atoms with Gasteiger partial charge in [-0.25, -0.2) is 4.98 Å². The number of nitrogens with zero attached hydrogens (tertiary/aromatic N) is 2. The Morgan fingerprint density at radius 2 is 2.39 bits per heavy atom. The maximum absolute atomic E-state index is 6.02. The quantitative estimate of drug-likeness (QED) is 0.869. The summed E-state index contributed by atoms with van der Waals surface area (Å²) < 4.78 is 0. The van der Waals surface area contributed by atoms with Gasteiger partial charge < -0.3 is 10.6 Å². The van der Waals surface area contributed by atoms with Crippen molar-refractivity contribution in [2.75, 3.05) is 17.2 Å². The zero-order chi connectivity index (χ0) is 12.7. The van der Waals surface area contributed by atoms with Crippen LogP contribution in [0.2, 0.25) is 5.02 Å². The molecule has 2 N–H and O–H groups in total. The predicted molar refractivity (Wildman–Crippen MR) is 77.4 cm³/mol. The van der Waals surface area contributed by atoms with Crippen LogP contribution in [0.25, 0.3) is 0 Å². The highest BCUT2D eigenvalue weighted by atomic mass is 35.5. The standard InChI is InChI=1S/C13H14ClN3S/c1-8-10-3-5-18-12(10)2-4-17(8)13-11(15)6-9(14)7-16-13/h3,5-8H,2,4,15H2,1H3. The summed E-state index contributed by atoms with van der Waals surface area (Å²) in [7, 11) is 0. The number of rotatable bonds is 1. The zero-order valence-corrected chi connectivity index (χ0v) is 11.6. The van der Waals surface area contributed by atoms with Crippen molar-refractivity contribution in [1.82, 2.24) is 4.98 Å². The summed E-state index contributed by atoms with van der Waals surface area (Å²) in [5.74, 6) is 0.837. The molecule has 18 heavy (non-hydrogen) atoms. The number of halogens is 1. The summed E-state index contributed by atoms with van der Waals surface area (Å²) >= 11 is 7.73. The van der Waals surface area contributed by atoms with Crippen LogP contribution in [0.5, 0.6) is 0 Å². The van der Waals surface area contributed by atoms with Crippen LogP contribution in [0.4, 0.5) is 11.5 Å². The molecule has 3 nitrogen and oxygen atoms in total. The first-order valence-corrected chi connectivity index (χ1v) is 7.16. The molecule has 5 heteroatoms. The number of nitrogen functional groups attached to an aromatic ring is 1. The number of pyridine rings is 1. The van der Waals surface area contributed by atoms with E-state index >= 15 is 0 Å². The van der Waals surface area contributed by atoms with E-state index in [1.165, 1.54) is 10.4 Å². The normalized spacial score (nSPS) is 18.8. The molecular formula is C13H14ClN3S. The summed E-state index contributed by atoms with van der Waals surface area (Å²) in [5, 5.41) is 2.74. The van der Waals surface area contributed by atoms with Gasteiger partial charge in [0.15, 0.2) is 5.82 Å². The second kappa shape index (κ2) is 4.44. The van der Waals surface area contributed by atoms with Crippen molar-refractivity contribution < 1.29 is 0 Å². The van der Waals surface area contributed by atoms with Crippen LogP contribution in [0.1, 0.15) is 23.4 Å². The van der Waals surface area contributed by atoms with E-state index in [9.17, 15) is 0 Å². The van der Waals surface area contributed by atoms with E-state index in [0.29, 0.717) is 16.8 Å². The summed E-state index contributed by atoms with van der Waals surface area (Å²) in [4.78, 5) is 8.11. The minimum absolute atomic E-state index is 0.316. The summed E-state index contributed by atoms with van der Waals surface area (Å²) in [6.45, 7) is 3.15. The van der Waals surface area contributed by atoms with Gasteiger partial charge in [0.2, 0.25) is 0 Å². The average Bonchev–Trinajstić information content (AvgIpc) is 2.80. The van der Waals surface area contributed by atoms with Gasteiger partial charge in [-0.3, -0.25) is 0 Å². The van der Waals surface area contributed by atoms with Gasteiger partial charge in [0.1, 0.15) is 0 Å². The minimum atomic E-state index is 0.316. The van der Waals surface area contributed by atoms with Crippen molar-refractivity contribution in [3.05, 3.63) is 39.2 Å². The Morgan fingerprint density at radius 1 is 1.56 bits per heavy atom. The number of fused-ring (bicyclic) bond motifs is 1. The molecule has 0 fully saturated rings. The highest BCUT2D eigenvalue weighted by Gasteiger charge is 2.26. The maximum Gasteiger partial charge on any atom is 0.152 e. The first-order valence-electron chi connectivity index (χ1n) is 5.90. The number of thiophene rings is 1. The van der Waals surface area contributed by atoms with E-state index in [2.05, 4.69) is 28.3 Å². The Morgan fingerprint density at radius 3 is 3.17 bits per heavy atom. The molecule has 0 aromatic carbocycles. The monoisotopic (exact) mass is 279 g/mol. The van der Waals surface area contributed by atoms with Gasteiger partial charge in [-0.2, -0.15) is 0 Å². The summed E-state index contributed by atoms with van der Waals surface area (Å²) in [6, 6.07) is 4.28. The van der Waals surface area contributed by atoms with E-state index in [0.717, 1.165) is 18.8 Å². The van der Waals surface area contributed by atoms with Gasteiger partial charge in [-0.1, -0.05) is 11.6 Å². The van der Waals surface area contributed by atoms with Gasteiger partial charge in [-0.05, 0) is 36.4 Å². The molecule has 0 radical (unpaired) electrons. The van der Waals surface area contributed by atoms with Crippen molar-refractivity contribution >= 4 is 34.4 Å². The zero-order valence-electron chi connectivity index (χ0n) is 10.1. The highest BCUT2D eigenvalue weighted by molar-refractivity contribution is 7.10. The lowest BCUT2D eigenvalue weighted by molar-refractivity contribution is 0.626. The molecule has 2 aromatic rings. The van der Waals surface area contributed by atoms with Crippen molar-refractivity contribution in [3.63, 3.8) is 0 Å². The van der Waals surface area contributed by atoms with Gasteiger partial charge >= 0.3 is 0 Å². The lowest BCUT2D eigenvalue weighted by atomic mass is 10.0. The van der Waals surface area contributed by atoms with E-state index in [4.69, 9.17) is 17.3 Å². The maximum atomic E-state index is 6.02. The van der Waals surface area contributed by atoms with Crippen molar-refractivity contribution in [2.45, 2.75) is 19.4 Å². The molecule has 0 aliphatic carbocycles. The Kier molecular flexibility index (Phi) is 2.92. The number of nitrogens with two attached hydrogens (primary N) is 1. The first-order chi connectivity index (χ1) is 8.66. The second-order valence-corrected chi connectivity index (χ2v) is 5.92. The topological polar surface area (TPSA) is 42.2 Å². The number of hydrogen-bond donors (Lipinski definition) is 1. The van der Waals surface area contributed by atoms with E-state index in [1.807, 2.05) is 11.3 Å². The molecular weight excluding hydrogens is 266 g/mol. The molecule has 1 aliphatic heterocycles. The van der Waals surface area contributed by atoms with Crippen LogP contribution >= 0.6 is 22.9 Å². The Hall–Kier alpha value is -1.26. The number of hydrogen-bond acceptors (Lipinski definition) is 4. The lowest BCUT2D eigenvalue weighted by Crippen LogP contribution is -2.34. The van der Waals surface area contributed by atoms with Gasteiger partial charge in [0.25, 0.3) is 0 Å². The molecule has 0 saturated heterocycles. The molecule has 94 valence electrons. The van der Waals surface area contributed by atoms with Crippen molar-refractivity contribution in [3.8, 4) is 0 Å². The third-order valence-corrected chi connectivity index (χ3v) is 4.61. The Labute approximate surface area is 115 Å². The third kappa shape index (κ3) is 1.85. The van der Waals surface area contributed by atoms with Gasteiger partial charge in [0.05, 0.1) is 16.8 Å². The molecule has 0 amide bonds. The molecule has 1 aliphatic rings. The van der Waals surface area contributed by atoms with E-state index < -0.39 is 0 Å². The van der Waals surface area contributed by atoms with Crippen molar-refractivity contribution in [1.29, 1.82) is 0 Å². The average molecular weight is 280 g/mol. The molecule has 1 atom stereocenters. The highest BCUT2D eigenvalue weighted by Crippen LogP contribution is 2.37. The third-order valence-electron chi connectivity index (χ3n) is 3.41. The molecule has 0 spiro atoms. The lowest BCUT2D eigenvalue weighted by Gasteiger charge is -2.35. The molecule has 0 bridgehead atoms. The largest absolute Gasteiger partial charge is 0.396 e. The molecule has 2 aromatic heterocycles. The molecule has 0 saturated carbocycles. The summed E-state index contributed by atoms with van der Waals surface area (Å²) in [5.41, 5.74) is 8.06. The second-order valence-electron chi connectivity index (χ2n) is 4.48. The van der Waals surface area contributed by atoms with Crippen LogP contribution in [-0.2, 0) is 6.42 Å². The smallest absolute Gasteiger partial charge is 0.152 e. The van der Waals surface area contributed by atoms with Crippen LogP contribution in [0.15, 0.2) is 23.7 Å². The molecule has 1 unspecified atom stereocenters. The fraction of sp³-hybridized carbons (Fsp3) is 0.308. The first kappa shape index (κ1) is 11.8. The van der Waals surface area contributed by atoms with Crippen LogP contribution in [-0.4, -0.2) is 11.5 Å². The predicted octanol–water partition coefficient (Wildman–Crippen LogP) is 3.50. The number of aromatic nitrogens is 1.